The maximum atomic E-state index is 11.4. The Morgan fingerprint density at radius 3 is 2.80 bits per heavy atom. The lowest BCUT2D eigenvalue weighted by Gasteiger charge is -2.01. The van der Waals surface area contributed by atoms with Gasteiger partial charge in [-0.15, -0.1) is 11.6 Å². The number of carbonyl (C=O) groups is 1. The van der Waals surface area contributed by atoms with Gasteiger partial charge in [-0.1, -0.05) is 6.42 Å². The summed E-state index contributed by atoms with van der Waals surface area (Å²) in [5, 5.41) is 2.77. The SMILES string of the molecule is O=C(NCCCCCCl)c1ccc(Br)o1. The smallest absolute Gasteiger partial charge is 0.287 e. The number of furan rings is 1. The Balaban J connectivity index is 2.19. The number of rotatable bonds is 6. The molecule has 0 aromatic carbocycles. The molecule has 84 valence electrons. The van der Waals surface area contributed by atoms with Gasteiger partial charge in [0, 0.05) is 12.4 Å². The molecule has 0 aliphatic carbocycles. The lowest BCUT2D eigenvalue weighted by Crippen LogP contribution is -2.23. The molecule has 0 saturated carbocycles. The van der Waals surface area contributed by atoms with Gasteiger partial charge < -0.3 is 9.73 Å². The summed E-state index contributed by atoms with van der Waals surface area (Å²) in [7, 11) is 0. The van der Waals surface area contributed by atoms with E-state index in [1.54, 1.807) is 12.1 Å². The minimum absolute atomic E-state index is 0.174. The van der Waals surface area contributed by atoms with Crippen LogP contribution >= 0.6 is 27.5 Å². The molecular weight excluding hydrogens is 281 g/mol. The minimum atomic E-state index is -0.174. The van der Waals surface area contributed by atoms with Crippen LogP contribution in [0.25, 0.3) is 0 Å². The fourth-order valence-corrected chi connectivity index (χ4v) is 1.62. The third kappa shape index (κ3) is 4.71. The molecule has 1 amide bonds. The second-order valence-corrected chi connectivity index (χ2v) is 4.27. The van der Waals surface area contributed by atoms with Crippen molar-refractivity contribution < 1.29 is 9.21 Å². The first-order chi connectivity index (χ1) is 7.24. The average molecular weight is 295 g/mol. The Labute approximate surface area is 102 Å². The van der Waals surface area contributed by atoms with Gasteiger partial charge >= 0.3 is 0 Å². The number of carbonyl (C=O) groups excluding carboxylic acids is 1. The number of amides is 1. The van der Waals surface area contributed by atoms with Crippen LogP contribution in [-0.2, 0) is 0 Å². The summed E-state index contributed by atoms with van der Waals surface area (Å²) in [5.41, 5.74) is 0. The summed E-state index contributed by atoms with van der Waals surface area (Å²) in [6.45, 7) is 0.661. The molecule has 15 heavy (non-hydrogen) atoms. The third-order valence-corrected chi connectivity index (χ3v) is 2.59. The van der Waals surface area contributed by atoms with Crippen LogP contribution in [0.5, 0.6) is 0 Å². The molecule has 5 heteroatoms. The Kier molecular flexibility index (Phi) is 5.79. The lowest BCUT2D eigenvalue weighted by molar-refractivity contribution is 0.0924. The molecule has 1 N–H and O–H groups in total. The first-order valence-electron chi connectivity index (χ1n) is 4.83. The zero-order valence-corrected chi connectivity index (χ0v) is 10.6. The second kappa shape index (κ2) is 6.90. The first kappa shape index (κ1) is 12.6. The fraction of sp³-hybridized carbons (Fsp3) is 0.500. The van der Waals surface area contributed by atoms with Crippen molar-refractivity contribution in [3.8, 4) is 0 Å². The van der Waals surface area contributed by atoms with Crippen molar-refractivity contribution in [3.63, 3.8) is 0 Å². The van der Waals surface area contributed by atoms with Crippen molar-refractivity contribution in [1.29, 1.82) is 0 Å². The number of hydrogen-bond acceptors (Lipinski definition) is 2. The van der Waals surface area contributed by atoms with Crippen molar-refractivity contribution in [2.45, 2.75) is 19.3 Å². The molecule has 1 heterocycles. The van der Waals surface area contributed by atoms with E-state index in [4.69, 9.17) is 16.0 Å². The maximum Gasteiger partial charge on any atom is 0.287 e. The molecule has 0 bridgehead atoms. The number of alkyl halides is 1. The summed E-state index contributed by atoms with van der Waals surface area (Å²) >= 11 is 8.68. The monoisotopic (exact) mass is 293 g/mol. The predicted molar refractivity (Wildman–Crippen MR) is 63.3 cm³/mol. The third-order valence-electron chi connectivity index (χ3n) is 1.89. The summed E-state index contributed by atoms with van der Waals surface area (Å²) < 4.78 is 5.67. The number of nitrogens with one attached hydrogen (secondary N) is 1. The van der Waals surface area contributed by atoms with E-state index < -0.39 is 0 Å². The average Bonchev–Trinajstić information content (AvgIpc) is 2.64. The standard InChI is InChI=1S/C10H13BrClNO2/c11-9-5-4-8(15-9)10(14)13-7-3-1-2-6-12/h4-5H,1-3,6-7H2,(H,13,14). The fourth-order valence-electron chi connectivity index (χ4n) is 1.12. The molecule has 1 aromatic heterocycles. The Bertz CT molecular complexity index is 314. The van der Waals surface area contributed by atoms with Gasteiger partial charge in [0.25, 0.3) is 5.91 Å². The lowest BCUT2D eigenvalue weighted by atomic mass is 10.2. The molecule has 0 spiro atoms. The molecule has 0 unspecified atom stereocenters. The van der Waals surface area contributed by atoms with Gasteiger partial charge in [-0.25, -0.2) is 0 Å². The van der Waals surface area contributed by atoms with E-state index in [0.29, 0.717) is 22.9 Å². The highest BCUT2D eigenvalue weighted by Crippen LogP contribution is 2.13. The quantitative estimate of drug-likeness (QED) is 0.647. The second-order valence-electron chi connectivity index (χ2n) is 3.11. The van der Waals surface area contributed by atoms with Gasteiger partial charge in [0.15, 0.2) is 10.4 Å². The number of hydrogen-bond donors (Lipinski definition) is 1. The van der Waals surface area contributed by atoms with E-state index in [1.165, 1.54) is 0 Å². The molecular formula is C10H13BrClNO2. The highest BCUT2D eigenvalue weighted by Gasteiger charge is 2.08. The molecule has 0 atom stereocenters. The summed E-state index contributed by atoms with van der Waals surface area (Å²) in [6, 6.07) is 3.33. The van der Waals surface area contributed by atoms with Crippen LogP contribution in [0.3, 0.4) is 0 Å². The van der Waals surface area contributed by atoms with E-state index in [0.717, 1.165) is 19.3 Å². The van der Waals surface area contributed by atoms with E-state index in [2.05, 4.69) is 21.2 Å². The number of unbranched alkanes of at least 4 members (excludes halogenated alkanes) is 2. The van der Waals surface area contributed by atoms with Crippen LogP contribution < -0.4 is 5.32 Å². The Morgan fingerprint density at radius 2 is 2.20 bits per heavy atom. The topological polar surface area (TPSA) is 42.2 Å². The van der Waals surface area contributed by atoms with E-state index in [-0.39, 0.29) is 5.91 Å². The van der Waals surface area contributed by atoms with Crippen molar-refractivity contribution in [2.24, 2.45) is 0 Å². The van der Waals surface area contributed by atoms with Gasteiger partial charge in [-0.05, 0) is 40.9 Å². The van der Waals surface area contributed by atoms with Crippen LogP contribution in [0.4, 0.5) is 0 Å². The summed E-state index contributed by atoms with van der Waals surface area (Å²) in [6.07, 6.45) is 2.97. The number of halogens is 2. The molecule has 0 radical (unpaired) electrons. The van der Waals surface area contributed by atoms with Crippen LogP contribution in [0, 0.1) is 0 Å². The van der Waals surface area contributed by atoms with E-state index >= 15 is 0 Å². The molecule has 1 aromatic rings. The zero-order valence-electron chi connectivity index (χ0n) is 8.26. The molecule has 0 aliphatic rings. The van der Waals surface area contributed by atoms with E-state index in [9.17, 15) is 4.79 Å². The van der Waals surface area contributed by atoms with Gasteiger partial charge in [0.1, 0.15) is 0 Å². The van der Waals surface area contributed by atoms with Gasteiger partial charge in [0.2, 0.25) is 0 Å². The largest absolute Gasteiger partial charge is 0.444 e. The van der Waals surface area contributed by atoms with Gasteiger partial charge in [-0.2, -0.15) is 0 Å². The highest BCUT2D eigenvalue weighted by atomic mass is 79.9. The van der Waals surface area contributed by atoms with Crippen LogP contribution in [0.15, 0.2) is 21.2 Å². The van der Waals surface area contributed by atoms with Crippen LogP contribution in [-0.4, -0.2) is 18.3 Å². The van der Waals surface area contributed by atoms with Crippen molar-refractivity contribution in [2.75, 3.05) is 12.4 Å². The Hall–Kier alpha value is -0.480. The van der Waals surface area contributed by atoms with Gasteiger partial charge in [0.05, 0.1) is 0 Å². The van der Waals surface area contributed by atoms with Crippen LogP contribution in [0.1, 0.15) is 29.8 Å². The minimum Gasteiger partial charge on any atom is -0.444 e. The molecule has 0 saturated heterocycles. The Morgan fingerprint density at radius 1 is 1.40 bits per heavy atom. The molecule has 0 fully saturated rings. The zero-order chi connectivity index (χ0) is 11.1. The maximum absolute atomic E-state index is 11.4. The predicted octanol–water partition coefficient (Wildman–Crippen LogP) is 3.18. The van der Waals surface area contributed by atoms with Crippen molar-refractivity contribution >= 4 is 33.4 Å². The highest BCUT2D eigenvalue weighted by molar-refractivity contribution is 9.10. The van der Waals surface area contributed by atoms with Gasteiger partial charge in [-0.3, -0.25) is 4.79 Å². The summed E-state index contributed by atoms with van der Waals surface area (Å²) in [4.78, 5) is 11.4. The molecule has 1 rings (SSSR count). The molecule has 0 aliphatic heterocycles. The van der Waals surface area contributed by atoms with E-state index in [1.807, 2.05) is 0 Å². The summed E-state index contributed by atoms with van der Waals surface area (Å²) in [5.74, 6) is 0.838. The van der Waals surface area contributed by atoms with Crippen molar-refractivity contribution in [1.82, 2.24) is 5.32 Å². The molecule has 3 nitrogen and oxygen atoms in total. The first-order valence-corrected chi connectivity index (χ1v) is 6.16. The van der Waals surface area contributed by atoms with Crippen LogP contribution in [0.2, 0.25) is 0 Å². The van der Waals surface area contributed by atoms with Crippen molar-refractivity contribution in [3.05, 3.63) is 22.6 Å². The normalized spacial score (nSPS) is 10.3.